The fourth-order valence-corrected chi connectivity index (χ4v) is 2.06. The molecular weight excluding hydrogens is 252 g/mol. The number of Topliss-reactive ketones (excluding diaryl/α,β-unsaturated/α-hetero) is 1. The van der Waals surface area contributed by atoms with Gasteiger partial charge in [0.1, 0.15) is 0 Å². The predicted octanol–water partition coefficient (Wildman–Crippen LogP) is 3.41. The summed E-state index contributed by atoms with van der Waals surface area (Å²) in [6.45, 7) is 3.80. The summed E-state index contributed by atoms with van der Waals surface area (Å²) in [5, 5.41) is 0. The fraction of sp³-hybridized carbons (Fsp3) is 0.176. The molecule has 0 N–H and O–H groups in total. The largest absolute Gasteiger partial charge is 0.460 e. The highest BCUT2D eigenvalue weighted by atomic mass is 16.5. The number of carbonyl (C=O) groups excluding carboxylic acids is 2. The molecule has 20 heavy (non-hydrogen) atoms. The second-order valence-electron chi connectivity index (χ2n) is 4.45. The van der Waals surface area contributed by atoms with Crippen LogP contribution in [0.15, 0.2) is 48.5 Å². The van der Waals surface area contributed by atoms with Gasteiger partial charge in [0, 0.05) is 5.56 Å². The number of hydrogen-bond acceptors (Lipinski definition) is 3. The van der Waals surface area contributed by atoms with E-state index in [0.717, 1.165) is 16.7 Å². The predicted molar refractivity (Wildman–Crippen MR) is 77.6 cm³/mol. The van der Waals surface area contributed by atoms with Crippen molar-refractivity contribution in [3.63, 3.8) is 0 Å². The molecule has 0 spiro atoms. The average Bonchev–Trinajstić information content (AvgIpc) is 2.47. The van der Waals surface area contributed by atoms with Crippen LogP contribution in [0.1, 0.15) is 22.8 Å². The van der Waals surface area contributed by atoms with Gasteiger partial charge < -0.3 is 4.74 Å². The molecule has 0 aliphatic heterocycles. The van der Waals surface area contributed by atoms with Crippen molar-refractivity contribution in [1.29, 1.82) is 0 Å². The van der Waals surface area contributed by atoms with Crippen LogP contribution < -0.4 is 0 Å². The van der Waals surface area contributed by atoms with E-state index in [0.29, 0.717) is 5.56 Å². The molecule has 0 saturated heterocycles. The van der Waals surface area contributed by atoms with Crippen molar-refractivity contribution in [2.45, 2.75) is 13.8 Å². The van der Waals surface area contributed by atoms with Crippen LogP contribution in [0, 0.1) is 6.92 Å². The Morgan fingerprint density at radius 1 is 1.05 bits per heavy atom. The number of ketones is 1. The van der Waals surface area contributed by atoms with Crippen molar-refractivity contribution >= 4 is 11.8 Å². The van der Waals surface area contributed by atoms with Gasteiger partial charge in [-0.2, -0.15) is 0 Å². The zero-order valence-electron chi connectivity index (χ0n) is 11.6. The molecule has 0 aliphatic rings. The monoisotopic (exact) mass is 268 g/mol. The molecule has 2 rings (SSSR count). The summed E-state index contributed by atoms with van der Waals surface area (Å²) < 4.78 is 4.72. The van der Waals surface area contributed by atoms with E-state index in [1.807, 2.05) is 43.3 Å². The quantitative estimate of drug-likeness (QED) is 0.485. The minimum atomic E-state index is -0.806. The number of aryl methyl sites for hydroxylation is 1. The van der Waals surface area contributed by atoms with E-state index < -0.39 is 11.8 Å². The Morgan fingerprint density at radius 2 is 1.75 bits per heavy atom. The van der Waals surface area contributed by atoms with E-state index in [2.05, 4.69) is 0 Å². The Kier molecular flexibility index (Phi) is 4.31. The molecule has 0 unspecified atom stereocenters. The van der Waals surface area contributed by atoms with Crippen LogP contribution in [0.25, 0.3) is 11.1 Å². The molecule has 3 nitrogen and oxygen atoms in total. The van der Waals surface area contributed by atoms with Gasteiger partial charge in [-0.25, -0.2) is 4.79 Å². The van der Waals surface area contributed by atoms with Crippen LogP contribution in [0.5, 0.6) is 0 Å². The Balaban J connectivity index is 2.31. The van der Waals surface area contributed by atoms with Crippen LogP contribution in [0.4, 0.5) is 0 Å². The normalized spacial score (nSPS) is 10.1. The highest BCUT2D eigenvalue weighted by molar-refractivity contribution is 6.40. The van der Waals surface area contributed by atoms with E-state index in [1.165, 1.54) is 0 Å². The maximum atomic E-state index is 11.9. The average molecular weight is 268 g/mol. The molecule has 0 aromatic heterocycles. The minimum Gasteiger partial charge on any atom is -0.460 e. The molecule has 0 aliphatic carbocycles. The first-order valence-corrected chi connectivity index (χ1v) is 6.51. The van der Waals surface area contributed by atoms with Crippen molar-refractivity contribution in [2.75, 3.05) is 6.61 Å². The van der Waals surface area contributed by atoms with Crippen molar-refractivity contribution in [2.24, 2.45) is 0 Å². The summed E-state index contributed by atoms with van der Waals surface area (Å²) in [4.78, 5) is 23.3. The summed E-state index contributed by atoms with van der Waals surface area (Å²) in [5.74, 6) is -1.41. The second-order valence-corrected chi connectivity index (χ2v) is 4.45. The van der Waals surface area contributed by atoms with E-state index in [9.17, 15) is 9.59 Å². The van der Waals surface area contributed by atoms with Gasteiger partial charge >= 0.3 is 5.97 Å². The van der Waals surface area contributed by atoms with Crippen LogP contribution in [-0.4, -0.2) is 18.4 Å². The lowest BCUT2D eigenvalue weighted by atomic mass is 9.97. The number of esters is 1. The maximum Gasteiger partial charge on any atom is 0.379 e. The Bertz CT molecular complexity index is 630. The lowest BCUT2D eigenvalue weighted by molar-refractivity contribution is -0.137. The summed E-state index contributed by atoms with van der Waals surface area (Å²) >= 11 is 0. The molecular formula is C17H16O3. The Hall–Kier alpha value is -2.42. The molecule has 0 fully saturated rings. The summed E-state index contributed by atoms with van der Waals surface area (Å²) in [6.07, 6.45) is 0. The summed E-state index contributed by atoms with van der Waals surface area (Å²) in [5.41, 5.74) is 3.44. The van der Waals surface area contributed by atoms with Gasteiger partial charge in [-0.05, 0) is 36.6 Å². The standard InChI is InChI=1S/C17H16O3/c1-3-20-17(19)16(18)14-9-10-15(12(2)11-14)13-7-5-4-6-8-13/h4-11H,3H2,1-2H3. The zero-order chi connectivity index (χ0) is 14.5. The fourth-order valence-electron chi connectivity index (χ4n) is 2.06. The van der Waals surface area contributed by atoms with Crippen molar-refractivity contribution < 1.29 is 14.3 Å². The highest BCUT2D eigenvalue weighted by Gasteiger charge is 2.18. The first kappa shape index (κ1) is 14.0. The molecule has 0 atom stereocenters. The third kappa shape index (κ3) is 2.94. The molecule has 2 aromatic carbocycles. The van der Waals surface area contributed by atoms with Gasteiger partial charge in [-0.15, -0.1) is 0 Å². The van der Waals surface area contributed by atoms with E-state index >= 15 is 0 Å². The van der Waals surface area contributed by atoms with Gasteiger partial charge in [-0.3, -0.25) is 4.79 Å². The van der Waals surface area contributed by atoms with Crippen LogP contribution in [0.2, 0.25) is 0 Å². The molecule has 3 heteroatoms. The maximum absolute atomic E-state index is 11.9. The van der Waals surface area contributed by atoms with Crippen LogP contribution in [0.3, 0.4) is 0 Å². The Morgan fingerprint density at radius 3 is 2.35 bits per heavy atom. The van der Waals surface area contributed by atoms with Crippen molar-refractivity contribution in [3.8, 4) is 11.1 Å². The highest BCUT2D eigenvalue weighted by Crippen LogP contribution is 2.24. The lowest BCUT2D eigenvalue weighted by Gasteiger charge is -2.08. The zero-order valence-corrected chi connectivity index (χ0v) is 11.6. The number of carbonyl (C=O) groups is 2. The van der Waals surface area contributed by atoms with Crippen LogP contribution in [-0.2, 0) is 9.53 Å². The minimum absolute atomic E-state index is 0.200. The molecule has 102 valence electrons. The number of rotatable bonds is 4. The third-order valence-corrected chi connectivity index (χ3v) is 3.03. The van der Waals surface area contributed by atoms with Gasteiger partial charge in [0.25, 0.3) is 5.78 Å². The number of ether oxygens (including phenoxy) is 1. The van der Waals surface area contributed by atoms with Gasteiger partial charge in [0.2, 0.25) is 0 Å². The first-order valence-electron chi connectivity index (χ1n) is 6.51. The topological polar surface area (TPSA) is 43.4 Å². The van der Waals surface area contributed by atoms with Gasteiger partial charge in [0.15, 0.2) is 0 Å². The SMILES string of the molecule is CCOC(=O)C(=O)c1ccc(-c2ccccc2)c(C)c1. The molecule has 0 bridgehead atoms. The van der Waals surface area contributed by atoms with E-state index in [4.69, 9.17) is 4.74 Å². The van der Waals surface area contributed by atoms with Gasteiger partial charge in [-0.1, -0.05) is 42.5 Å². The van der Waals surface area contributed by atoms with Crippen molar-refractivity contribution in [1.82, 2.24) is 0 Å². The molecule has 0 saturated carbocycles. The summed E-state index contributed by atoms with van der Waals surface area (Å²) in [6, 6.07) is 15.1. The van der Waals surface area contributed by atoms with Crippen molar-refractivity contribution in [3.05, 3.63) is 59.7 Å². The smallest absolute Gasteiger partial charge is 0.379 e. The molecule has 0 amide bonds. The number of benzene rings is 2. The van der Waals surface area contributed by atoms with E-state index in [-0.39, 0.29) is 6.61 Å². The molecule has 2 aromatic rings. The number of hydrogen-bond donors (Lipinski definition) is 0. The van der Waals surface area contributed by atoms with Crippen LogP contribution >= 0.6 is 0 Å². The first-order chi connectivity index (χ1) is 9.63. The Labute approximate surface area is 118 Å². The molecule has 0 radical (unpaired) electrons. The van der Waals surface area contributed by atoms with Gasteiger partial charge in [0.05, 0.1) is 6.61 Å². The third-order valence-electron chi connectivity index (χ3n) is 3.03. The second kappa shape index (κ2) is 6.15. The van der Waals surface area contributed by atoms with E-state index in [1.54, 1.807) is 19.1 Å². The molecule has 0 heterocycles. The lowest BCUT2D eigenvalue weighted by Crippen LogP contribution is -2.17. The summed E-state index contributed by atoms with van der Waals surface area (Å²) in [7, 11) is 0.